The van der Waals surface area contributed by atoms with Crippen LogP contribution in [-0.2, 0) is 0 Å². The van der Waals surface area contributed by atoms with Gasteiger partial charge in [0.1, 0.15) is 5.84 Å². The minimum atomic E-state index is 0.708. The molecule has 3 rings (SSSR count). The normalized spacial score (nSPS) is 20.6. The van der Waals surface area contributed by atoms with Crippen LogP contribution < -0.4 is 10.6 Å². The number of aliphatic imine (C=N–C) groups is 1. The monoisotopic (exact) mass is 314 g/mol. The number of benzodiazepines with no additional fused rings is 1. The van der Waals surface area contributed by atoms with Crippen molar-refractivity contribution in [3.63, 3.8) is 0 Å². The molecule has 0 amide bonds. The van der Waals surface area contributed by atoms with E-state index in [4.69, 9.17) is 16.6 Å². The van der Waals surface area contributed by atoms with Gasteiger partial charge in [-0.25, -0.2) is 4.99 Å². The Labute approximate surface area is 135 Å². The van der Waals surface area contributed by atoms with Crippen LogP contribution in [0, 0.1) is 0 Å². The maximum absolute atomic E-state index is 5.63. The summed E-state index contributed by atoms with van der Waals surface area (Å²) < 4.78 is 0. The fourth-order valence-electron chi connectivity index (χ4n) is 2.64. The van der Waals surface area contributed by atoms with Crippen LogP contribution in [0.3, 0.4) is 0 Å². The third-order valence-electron chi connectivity index (χ3n) is 3.74. The molecule has 0 spiro atoms. The molecule has 1 aromatic carbocycles. The lowest BCUT2D eigenvalue weighted by Crippen LogP contribution is -2.46. The zero-order chi connectivity index (χ0) is 15.4. The summed E-state index contributed by atoms with van der Waals surface area (Å²) in [6.07, 6.45) is 3.65. The van der Waals surface area contributed by atoms with Crippen LogP contribution in [0.4, 0.5) is 5.69 Å². The number of hydrogen-bond acceptors (Lipinski definition) is 4. The Bertz CT molecular complexity index is 654. The molecular formula is C17H19ClN4. The van der Waals surface area contributed by atoms with E-state index >= 15 is 0 Å². The summed E-state index contributed by atoms with van der Waals surface area (Å²) in [7, 11) is 0. The number of para-hydroxylation sites is 1. The molecule has 4 nitrogen and oxygen atoms in total. The maximum Gasteiger partial charge on any atom is 0.138 e. The Balaban J connectivity index is 2.05. The highest BCUT2D eigenvalue weighted by molar-refractivity contribution is 6.25. The number of hydrogen-bond donors (Lipinski definition) is 2. The molecule has 1 saturated heterocycles. The lowest BCUT2D eigenvalue weighted by Gasteiger charge is -2.30. The number of allylic oxidation sites excluding steroid dienone is 2. The summed E-state index contributed by atoms with van der Waals surface area (Å²) in [5, 5.41) is 6.78. The van der Waals surface area contributed by atoms with Crippen LogP contribution in [-0.4, -0.2) is 36.9 Å². The summed E-state index contributed by atoms with van der Waals surface area (Å²) in [6, 6.07) is 8.21. The molecule has 2 N–H and O–H groups in total. The van der Waals surface area contributed by atoms with Crippen molar-refractivity contribution < 1.29 is 0 Å². The van der Waals surface area contributed by atoms with E-state index in [1.54, 1.807) is 6.08 Å². The molecule has 2 aliphatic heterocycles. The smallest absolute Gasteiger partial charge is 0.138 e. The summed E-state index contributed by atoms with van der Waals surface area (Å²) in [6.45, 7) is 7.93. The number of amidine groups is 1. The lowest BCUT2D eigenvalue weighted by molar-refractivity contribution is 0.358. The van der Waals surface area contributed by atoms with Crippen molar-refractivity contribution in [3.8, 4) is 0 Å². The number of benzene rings is 1. The second kappa shape index (κ2) is 6.81. The predicted octanol–water partition coefficient (Wildman–Crippen LogP) is 2.91. The molecule has 0 bridgehead atoms. The highest BCUT2D eigenvalue weighted by atomic mass is 35.5. The van der Waals surface area contributed by atoms with Gasteiger partial charge in [0.25, 0.3) is 0 Å². The number of nitrogens with zero attached hydrogens (tertiary/aromatic N) is 2. The fraction of sp³-hybridized carbons (Fsp3) is 0.235. The molecule has 0 atom stereocenters. The van der Waals surface area contributed by atoms with Gasteiger partial charge in [0.15, 0.2) is 0 Å². The summed E-state index contributed by atoms with van der Waals surface area (Å²) in [5.41, 5.74) is 5.17. The first-order chi connectivity index (χ1) is 10.8. The van der Waals surface area contributed by atoms with Crippen molar-refractivity contribution in [3.05, 3.63) is 65.5 Å². The fourth-order valence-corrected chi connectivity index (χ4v) is 2.71. The molecule has 1 aromatic rings. The third-order valence-corrected chi connectivity index (χ3v) is 3.89. The van der Waals surface area contributed by atoms with E-state index in [0.717, 1.165) is 49.0 Å². The van der Waals surface area contributed by atoms with Crippen molar-refractivity contribution >= 4 is 23.1 Å². The first-order valence-corrected chi connectivity index (χ1v) is 7.80. The maximum atomic E-state index is 5.63. The van der Waals surface area contributed by atoms with Gasteiger partial charge in [-0.3, -0.25) is 0 Å². The Kier molecular flexibility index (Phi) is 4.61. The van der Waals surface area contributed by atoms with Crippen molar-refractivity contribution in [2.45, 2.75) is 0 Å². The summed E-state index contributed by atoms with van der Waals surface area (Å²) in [5.74, 6) is 0.979. The van der Waals surface area contributed by atoms with Crippen LogP contribution in [0.2, 0.25) is 0 Å². The topological polar surface area (TPSA) is 39.7 Å². The minimum absolute atomic E-state index is 0.708. The Morgan fingerprint density at radius 3 is 2.77 bits per heavy atom. The molecule has 0 radical (unpaired) electrons. The first kappa shape index (κ1) is 14.9. The average Bonchev–Trinajstić information content (AvgIpc) is 2.71. The van der Waals surface area contributed by atoms with Crippen LogP contribution in [0.1, 0.15) is 5.56 Å². The molecule has 0 unspecified atom stereocenters. The summed E-state index contributed by atoms with van der Waals surface area (Å²) >= 11 is 5.63. The van der Waals surface area contributed by atoms with Gasteiger partial charge < -0.3 is 15.5 Å². The zero-order valence-corrected chi connectivity index (χ0v) is 13.1. The second-order valence-corrected chi connectivity index (χ2v) is 5.44. The molecule has 0 aliphatic carbocycles. The average molecular weight is 315 g/mol. The van der Waals surface area contributed by atoms with E-state index in [2.05, 4.69) is 34.2 Å². The number of piperazine rings is 1. The Hall–Kier alpha value is -2.04. The van der Waals surface area contributed by atoms with E-state index in [0.29, 0.717) is 5.70 Å². The van der Waals surface area contributed by atoms with Gasteiger partial charge in [-0.15, -0.1) is 0 Å². The van der Waals surface area contributed by atoms with Crippen LogP contribution in [0.5, 0.6) is 0 Å². The highest BCUT2D eigenvalue weighted by Gasteiger charge is 2.22. The largest absolute Gasteiger partial charge is 0.353 e. The van der Waals surface area contributed by atoms with Crippen molar-refractivity contribution in [1.29, 1.82) is 0 Å². The zero-order valence-electron chi connectivity index (χ0n) is 12.3. The van der Waals surface area contributed by atoms with E-state index in [9.17, 15) is 0 Å². The minimum Gasteiger partial charge on any atom is -0.353 e. The van der Waals surface area contributed by atoms with Gasteiger partial charge in [0.2, 0.25) is 0 Å². The van der Waals surface area contributed by atoms with Gasteiger partial charge in [-0.05, 0) is 24.3 Å². The first-order valence-electron chi connectivity index (χ1n) is 7.36. The predicted molar refractivity (Wildman–Crippen MR) is 93.3 cm³/mol. The number of halogens is 1. The molecule has 2 heterocycles. The Morgan fingerprint density at radius 1 is 1.23 bits per heavy atom. The molecule has 22 heavy (non-hydrogen) atoms. The van der Waals surface area contributed by atoms with Gasteiger partial charge >= 0.3 is 0 Å². The van der Waals surface area contributed by atoms with E-state index < -0.39 is 0 Å². The van der Waals surface area contributed by atoms with E-state index in [-0.39, 0.29) is 0 Å². The molecule has 1 fully saturated rings. The molecule has 5 heteroatoms. The van der Waals surface area contributed by atoms with E-state index in [1.165, 1.54) is 5.54 Å². The van der Waals surface area contributed by atoms with Gasteiger partial charge in [0.05, 0.1) is 11.4 Å². The number of rotatable bonds is 1. The van der Waals surface area contributed by atoms with Gasteiger partial charge in [-0.2, -0.15) is 0 Å². The third kappa shape index (κ3) is 3.08. The van der Waals surface area contributed by atoms with E-state index in [1.807, 2.05) is 18.2 Å². The number of fused-ring (bicyclic) bond motifs is 1. The lowest BCUT2D eigenvalue weighted by atomic mass is 10.1. The SMILES string of the molecule is C=C1N=C(N2CCNCC2)c2ccccc2N/C1=C/C=C/Cl. The molecule has 0 saturated carbocycles. The van der Waals surface area contributed by atoms with Gasteiger partial charge in [0, 0.05) is 43.0 Å². The Morgan fingerprint density at radius 2 is 2.00 bits per heavy atom. The van der Waals surface area contributed by atoms with Crippen molar-refractivity contribution in [2.24, 2.45) is 4.99 Å². The number of anilines is 1. The van der Waals surface area contributed by atoms with Crippen LogP contribution in [0.25, 0.3) is 0 Å². The standard InChI is InChI=1S/C17H19ClN4/c1-13-15(7-4-8-18)21-16-6-3-2-5-14(16)17(20-13)22-11-9-19-10-12-22/h2-8,19,21H,1,9-12H2/b8-4+,15-7+. The van der Waals surface area contributed by atoms with Crippen LogP contribution >= 0.6 is 11.6 Å². The molecule has 2 aliphatic rings. The van der Waals surface area contributed by atoms with Crippen molar-refractivity contribution in [2.75, 3.05) is 31.5 Å². The molecule has 0 aromatic heterocycles. The van der Waals surface area contributed by atoms with Crippen LogP contribution in [0.15, 0.2) is 64.9 Å². The highest BCUT2D eigenvalue weighted by Crippen LogP contribution is 2.27. The molecule has 114 valence electrons. The van der Waals surface area contributed by atoms with Crippen molar-refractivity contribution in [1.82, 2.24) is 10.2 Å². The quantitative estimate of drug-likeness (QED) is 0.837. The summed E-state index contributed by atoms with van der Waals surface area (Å²) in [4.78, 5) is 7.10. The number of nitrogens with one attached hydrogen (secondary N) is 2. The second-order valence-electron chi connectivity index (χ2n) is 5.19. The molecular weight excluding hydrogens is 296 g/mol. The van der Waals surface area contributed by atoms with Gasteiger partial charge in [-0.1, -0.05) is 30.3 Å².